The van der Waals surface area contributed by atoms with Gasteiger partial charge in [0.15, 0.2) is 0 Å². The fourth-order valence-electron chi connectivity index (χ4n) is 3.53. The molecule has 1 aliphatic rings. The molecule has 0 aromatic heterocycles. The number of anilines is 1. The number of hydrogen-bond donors (Lipinski definition) is 2. The van der Waals surface area contributed by atoms with Gasteiger partial charge in [-0.25, -0.2) is 14.5 Å². The van der Waals surface area contributed by atoms with Gasteiger partial charge in [0.25, 0.3) is 17.5 Å². The zero-order valence-corrected chi connectivity index (χ0v) is 22.2. The van der Waals surface area contributed by atoms with E-state index in [-0.39, 0.29) is 29.3 Å². The summed E-state index contributed by atoms with van der Waals surface area (Å²) < 4.78 is 7.01. The number of benzene rings is 3. The minimum absolute atomic E-state index is 0.0364. The summed E-state index contributed by atoms with van der Waals surface area (Å²) in [7, 11) is 0. The van der Waals surface area contributed by atoms with Crippen molar-refractivity contribution in [3.05, 3.63) is 102 Å². The summed E-state index contributed by atoms with van der Waals surface area (Å²) in [6.07, 6.45) is 1.24. The van der Waals surface area contributed by atoms with E-state index in [1.165, 1.54) is 36.4 Å². The number of carboxylic acid groups (broad SMARTS) is 1. The van der Waals surface area contributed by atoms with Gasteiger partial charge in [0.05, 0.1) is 20.6 Å². The van der Waals surface area contributed by atoms with E-state index < -0.39 is 34.3 Å². The van der Waals surface area contributed by atoms with Crippen LogP contribution in [0.25, 0.3) is 6.08 Å². The number of nitro groups is 1. The number of imide groups is 2. The van der Waals surface area contributed by atoms with Crippen LogP contribution in [0.4, 0.5) is 16.2 Å². The number of non-ortho nitro benzene ring substituents is 1. The number of aromatic carboxylic acids is 1. The van der Waals surface area contributed by atoms with E-state index in [9.17, 15) is 29.3 Å². The lowest BCUT2D eigenvalue weighted by Gasteiger charge is -2.26. The molecule has 0 spiro atoms. The molecule has 0 unspecified atom stereocenters. The summed E-state index contributed by atoms with van der Waals surface area (Å²) in [5.74, 6) is -2.73. The smallest absolute Gasteiger partial charge is 0.335 e. The number of barbiturate groups is 1. The summed E-state index contributed by atoms with van der Waals surface area (Å²) in [5.41, 5.74) is 0.258. The molecule has 2 N–H and O–H groups in total. The molecule has 1 aliphatic heterocycles. The summed E-state index contributed by atoms with van der Waals surface area (Å²) in [4.78, 5) is 60.6. The van der Waals surface area contributed by atoms with Crippen LogP contribution in [-0.2, 0) is 16.2 Å². The second kappa shape index (κ2) is 10.9. The van der Waals surface area contributed by atoms with Gasteiger partial charge in [0, 0.05) is 22.2 Å². The van der Waals surface area contributed by atoms with Crippen molar-refractivity contribution in [3.63, 3.8) is 0 Å². The lowest BCUT2D eigenvalue weighted by atomic mass is 10.1. The van der Waals surface area contributed by atoms with Crippen LogP contribution in [0.5, 0.6) is 5.75 Å². The van der Waals surface area contributed by atoms with Gasteiger partial charge in [-0.2, -0.15) is 0 Å². The Morgan fingerprint density at radius 1 is 1.08 bits per heavy atom. The van der Waals surface area contributed by atoms with Crippen molar-refractivity contribution >= 4 is 73.1 Å². The lowest BCUT2D eigenvalue weighted by molar-refractivity contribution is -0.384. The number of carboxylic acids is 1. The third-order valence-corrected chi connectivity index (χ3v) is 6.37. The van der Waals surface area contributed by atoms with E-state index in [4.69, 9.17) is 9.84 Å². The number of nitrogens with zero attached hydrogens (tertiary/aromatic N) is 2. The van der Waals surface area contributed by atoms with E-state index in [1.54, 1.807) is 24.3 Å². The number of carbonyl (C=O) groups is 4. The zero-order valence-electron chi connectivity index (χ0n) is 19.0. The summed E-state index contributed by atoms with van der Waals surface area (Å²) in [6.45, 7) is 0.0364. The SMILES string of the molecule is O=C1NC(=O)N(c2cccc([N+](=O)[O-])c2)C(=O)/C1=C/c1cc(Br)cc(Br)c1OCc1ccc(C(=O)O)cc1. The Morgan fingerprint density at radius 3 is 2.45 bits per heavy atom. The minimum atomic E-state index is -1.06. The maximum Gasteiger partial charge on any atom is 0.335 e. The number of ether oxygens (including phenoxy) is 1. The van der Waals surface area contributed by atoms with Crippen LogP contribution >= 0.6 is 31.9 Å². The Kier molecular flexibility index (Phi) is 7.69. The van der Waals surface area contributed by atoms with Crippen molar-refractivity contribution in [1.29, 1.82) is 0 Å². The predicted octanol–water partition coefficient (Wildman–Crippen LogP) is 5.06. The van der Waals surface area contributed by atoms with Crippen molar-refractivity contribution in [2.75, 3.05) is 4.90 Å². The van der Waals surface area contributed by atoms with Crippen molar-refractivity contribution in [2.45, 2.75) is 6.61 Å². The third kappa shape index (κ3) is 5.63. The number of amides is 4. The number of hydrogen-bond acceptors (Lipinski definition) is 7. The van der Waals surface area contributed by atoms with Crippen LogP contribution in [-0.4, -0.2) is 33.8 Å². The standard InChI is InChI=1S/C25H15Br2N3O8/c26-16-8-15(21(20(27)10-16)38-12-13-4-6-14(7-5-13)24(33)34)9-19-22(31)28-25(35)29(23(19)32)17-2-1-3-18(11-17)30(36)37/h1-11H,12H2,(H,33,34)(H,28,31,35)/b19-9+. The highest BCUT2D eigenvalue weighted by Gasteiger charge is 2.37. The first kappa shape index (κ1) is 26.7. The molecule has 0 saturated carbocycles. The van der Waals surface area contributed by atoms with Gasteiger partial charge in [-0.15, -0.1) is 0 Å². The molecule has 11 nitrogen and oxygen atoms in total. The molecule has 3 aromatic carbocycles. The Bertz CT molecular complexity index is 1540. The number of carbonyl (C=O) groups excluding carboxylic acids is 3. The predicted molar refractivity (Wildman–Crippen MR) is 142 cm³/mol. The van der Waals surface area contributed by atoms with E-state index in [0.29, 0.717) is 25.0 Å². The first-order valence-electron chi connectivity index (χ1n) is 10.6. The van der Waals surface area contributed by atoms with Crippen molar-refractivity contribution < 1.29 is 33.9 Å². The van der Waals surface area contributed by atoms with Gasteiger partial charge in [-0.05, 0) is 57.9 Å². The highest BCUT2D eigenvalue weighted by Crippen LogP contribution is 2.36. The maximum absolute atomic E-state index is 13.3. The normalized spacial score (nSPS) is 14.4. The van der Waals surface area contributed by atoms with Crippen molar-refractivity contribution in [2.24, 2.45) is 0 Å². The van der Waals surface area contributed by atoms with Gasteiger partial charge < -0.3 is 9.84 Å². The summed E-state index contributed by atoms with van der Waals surface area (Å²) in [6, 6.07) is 13.2. The quantitative estimate of drug-likeness (QED) is 0.156. The van der Waals surface area contributed by atoms with E-state index in [1.807, 2.05) is 0 Å². The topological polar surface area (TPSA) is 156 Å². The molecule has 192 valence electrons. The molecule has 4 amide bonds. The zero-order chi connectivity index (χ0) is 27.6. The molecule has 13 heteroatoms. The van der Waals surface area contributed by atoms with Gasteiger partial charge >= 0.3 is 12.0 Å². The lowest BCUT2D eigenvalue weighted by Crippen LogP contribution is -2.54. The fourth-order valence-corrected chi connectivity index (χ4v) is 4.90. The Morgan fingerprint density at radius 2 is 1.79 bits per heavy atom. The van der Waals surface area contributed by atoms with Crippen molar-refractivity contribution in [1.82, 2.24) is 5.32 Å². The third-order valence-electron chi connectivity index (χ3n) is 5.32. The largest absolute Gasteiger partial charge is 0.487 e. The molecular formula is C25H15Br2N3O8. The van der Waals surface area contributed by atoms with Gasteiger partial charge in [0.2, 0.25) is 0 Å². The molecule has 0 bridgehead atoms. The van der Waals surface area contributed by atoms with Crippen molar-refractivity contribution in [3.8, 4) is 5.75 Å². The maximum atomic E-state index is 13.3. The minimum Gasteiger partial charge on any atom is -0.487 e. The Balaban J connectivity index is 1.69. The van der Waals surface area contributed by atoms with Crippen LogP contribution in [0.3, 0.4) is 0 Å². The second-order valence-electron chi connectivity index (χ2n) is 7.83. The van der Waals surface area contributed by atoms with Gasteiger partial charge in [0.1, 0.15) is 17.9 Å². The Labute approximate surface area is 231 Å². The van der Waals surface area contributed by atoms with Crippen LogP contribution in [0.15, 0.2) is 75.2 Å². The number of nitro benzene ring substituents is 1. The first-order valence-corrected chi connectivity index (χ1v) is 12.2. The summed E-state index contributed by atoms with van der Waals surface area (Å²) in [5, 5.41) is 22.3. The van der Waals surface area contributed by atoms with Crippen LogP contribution in [0.1, 0.15) is 21.5 Å². The van der Waals surface area contributed by atoms with E-state index >= 15 is 0 Å². The van der Waals surface area contributed by atoms with Crippen LogP contribution in [0, 0.1) is 10.1 Å². The second-order valence-corrected chi connectivity index (χ2v) is 9.60. The molecule has 4 rings (SSSR count). The van der Waals surface area contributed by atoms with E-state index in [0.717, 1.165) is 6.07 Å². The van der Waals surface area contributed by atoms with Crippen LogP contribution in [0.2, 0.25) is 0 Å². The van der Waals surface area contributed by atoms with E-state index in [2.05, 4.69) is 37.2 Å². The Hall–Kier alpha value is -4.36. The molecule has 1 fully saturated rings. The number of halogens is 2. The monoisotopic (exact) mass is 643 g/mol. The number of urea groups is 1. The molecule has 38 heavy (non-hydrogen) atoms. The molecule has 3 aromatic rings. The van der Waals surface area contributed by atoms with Gasteiger partial charge in [-0.1, -0.05) is 34.1 Å². The number of nitrogens with one attached hydrogen (secondary N) is 1. The summed E-state index contributed by atoms with van der Waals surface area (Å²) >= 11 is 6.76. The first-order chi connectivity index (χ1) is 18.0. The average molecular weight is 645 g/mol. The fraction of sp³-hybridized carbons (Fsp3) is 0.0400. The average Bonchev–Trinajstić information content (AvgIpc) is 2.86. The van der Waals surface area contributed by atoms with Gasteiger partial charge in [-0.3, -0.25) is 25.0 Å². The molecule has 0 radical (unpaired) electrons. The highest BCUT2D eigenvalue weighted by atomic mass is 79.9. The molecule has 0 atom stereocenters. The molecule has 1 saturated heterocycles. The molecule has 0 aliphatic carbocycles. The number of rotatable bonds is 7. The van der Waals surface area contributed by atoms with Crippen LogP contribution < -0.4 is 15.0 Å². The molecule has 1 heterocycles. The highest BCUT2D eigenvalue weighted by molar-refractivity contribution is 9.11. The molecular weight excluding hydrogens is 630 g/mol.